The van der Waals surface area contributed by atoms with Gasteiger partial charge in [0, 0.05) is 24.1 Å². The molecule has 0 spiro atoms. The molecule has 0 atom stereocenters. The molecular formula is C15H23BrN2O. The number of aliphatic hydroxyl groups excluding tert-OH is 1. The van der Waals surface area contributed by atoms with Crippen LogP contribution >= 0.6 is 15.9 Å². The molecule has 2 N–H and O–H groups in total. The summed E-state index contributed by atoms with van der Waals surface area (Å²) >= 11 is 3.51. The number of piperidine rings is 1. The highest BCUT2D eigenvalue weighted by Crippen LogP contribution is 2.17. The van der Waals surface area contributed by atoms with Crippen LogP contribution in [0.1, 0.15) is 18.4 Å². The first-order valence-corrected chi connectivity index (χ1v) is 7.85. The Morgan fingerprint density at radius 3 is 2.79 bits per heavy atom. The van der Waals surface area contributed by atoms with Crippen molar-refractivity contribution in [2.75, 3.05) is 32.8 Å². The topological polar surface area (TPSA) is 35.5 Å². The minimum atomic E-state index is 0.235. The lowest BCUT2D eigenvalue weighted by Gasteiger charge is -2.29. The molecule has 1 aromatic rings. The second kappa shape index (κ2) is 8.00. The van der Waals surface area contributed by atoms with Gasteiger partial charge < -0.3 is 10.4 Å². The molecule has 1 saturated heterocycles. The highest BCUT2D eigenvalue weighted by molar-refractivity contribution is 9.10. The van der Waals surface area contributed by atoms with Crippen LogP contribution in [0.5, 0.6) is 0 Å². The average molecular weight is 327 g/mol. The van der Waals surface area contributed by atoms with E-state index >= 15 is 0 Å². The molecule has 1 fully saturated rings. The molecule has 0 aromatic heterocycles. The van der Waals surface area contributed by atoms with Crippen molar-refractivity contribution in [3.05, 3.63) is 34.3 Å². The number of nitrogens with zero attached hydrogens (tertiary/aromatic N) is 1. The zero-order valence-corrected chi connectivity index (χ0v) is 12.9. The van der Waals surface area contributed by atoms with E-state index in [9.17, 15) is 5.11 Å². The molecule has 0 amide bonds. The smallest absolute Gasteiger partial charge is 0.0558 e. The van der Waals surface area contributed by atoms with Gasteiger partial charge in [0.2, 0.25) is 0 Å². The maximum Gasteiger partial charge on any atom is 0.0558 e. The second-order valence-electron chi connectivity index (χ2n) is 5.28. The molecule has 0 radical (unpaired) electrons. The Kier molecular flexibility index (Phi) is 6.31. The number of rotatable bonds is 6. The molecule has 1 aliphatic heterocycles. The highest BCUT2D eigenvalue weighted by atomic mass is 79.9. The third-order valence-electron chi connectivity index (χ3n) is 3.69. The van der Waals surface area contributed by atoms with Crippen molar-refractivity contribution < 1.29 is 5.11 Å². The van der Waals surface area contributed by atoms with Crippen molar-refractivity contribution in [1.29, 1.82) is 0 Å². The Balaban J connectivity index is 1.91. The van der Waals surface area contributed by atoms with Gasteiger partial charge in [-0.15, -0.1) is 0 Å². The van der Waals surface area contributed by atoms with Crippen LogP contribution in [0.15, 0.2) is 28.7 Å². The SMILES string of the molecule is OCCN(Cc1cccc(Br)c1)CC1CCNCC1. The lowest BCUT2D eigenvalue weighted by molar-refractivity contribution is 0.157. The zero-order chi connectivity index (χ0) is 13.5. The first-order chi connectivity index (χ1) is 9.28. The maximum atomic E-state index is 9.24. The number of nitrogens with one attached hydrogen (secondary N) is 1. The average Bonchev–Trinajstić information content (AvgIpc) is 2.40. The fraction of sp³-hybridized carbons (Fsp3) is 0.600. The summed E-state index contributed by atoms with van der Waals surface area (Å²) in [5, 5.41) is 12.6. The number of hydrogen-bond acceptors (Lipinski definition) is 3. The van der Waals surface area contributed by atoms with Crippen molar-refractivity contribution >= 4 is 15.9 Å². The standard InChI is InChI=1S/C15H23BrN2O/c16-15-3-1-2-14(10-15)12-18(8-9-19)11-13-4-6-17-7-5-13/h1-3,10,13,17,19H,4-9,11-12H2. The molecule has 106 valence electrons. The summed E-state index contributed by atoms with van der Waals surface area (Å²) in [6.07, 6.45) is 2.50. The molecule has 4 heteroatoms. The van der Waals surface area contributed by atoms with Crippen LogP contribution in [-0.4, -0.2) is 42.8 Å². The predicted octanol–water partition coefficient (Wildman–Crippen LogP) is 2.24. The van der Waals surface area contributed by atoms with Gasteiger partial charge >= 0.3 is 0 Å². The molecule has 1 aliphatic rings. The number of hydrogen-bond donors (Lipinski definition) is 2. The Bertz CT molecular complexity index is 380. The summed E-state index contributed by atoms with van der Waals surface area (Å²) in [5.74, 6) is 0.764. The summed E-state index contributed by atoms with van der Waals surface area (Å²) in [6, 6.07) is 8.43. The monoisotopic (exact) mass is 326 g/mol. The molecule has 0 bridgehead atoms. The van der Waals surface area contributed by atoms with Gasteiger partial charge in [0.25, 0.3) is 0 Å². The van der Waals surface area contributed by atoms with Crippen LogP contribution < -0.4 is 5.32 Å². The molecule has 2 rings (SSSR count). The van der Waals surface area contributed by atoms with Gasteiger partial charge in [0.05, 0.1) is 6.61 Å². The number of halogens is 1. The first-order valence-electron chi connectivity index (χ1n) is 7.06. The molecule has 1 heterocycles. The van der Waals surface area contributed by atoms with E-state index in [0.717, 1.165) is 43.1 Å². The van der Waals surface area contributed by atoms with Crippen LogP contribution in [-0.2, 0) is 6.54 Å². The minimum absolute atomic E-state index is 0.235. The van der Waals surface area contributed by atoms with Crippen LogP contribution in [0.3, 0.4) is 0 Å². The van der Waals surface area contributed by atoms with E-state index in [4.69, 9.17) is 0 Å². The predicted molar refractivity (Wildman–Crippen MR) is 82.1 cm³/mol. The highest BCUT2D eigenvalue weighted by Gasteiger charge is 2.17. The van der Waals surface area contributed by atoms with Crippen LogP contribution in [0.25, 0.3) is 0 Å². The van der Waals surface area contributed by atoms with E-state index in [-0.39, 0.29) is 6.61 Å². The van der Waals surface area contributed by atoms with E-state index in [2.05, 4.69) is 44.3 Å². The molecule has 1 aromatic carbocycles. The van der Waals surface area contributed by atoms with Crippen molar-refractivity contribution in [3.8, 4) is 0 Å². The third kappa shape index (κ3) is 5.22. The number of benzene rings is 1. The van der Waals surface area contributed by atoms with Crippen molar-refractivity contribution in [2.24, 2.45) is 5.92 Å². The van der Waals surface area contributed by atoms with Gasteiger partial charge in [-0.3, -0.25) is 4.90 Å². The van der Waals surface area contributed by atoms with Gasteiger partial charge in [-0.2, -0.15) is 0 Å². The van der Waals surface area contributed by atoms with E-state index in [1.54, 1.807) is 0 Å². The van der Waals surface area contributed by atoms with Gasteiger partial charge in [-0.25, -0.2) is 0 Å². The molecule has 19 heavy (non-hydrogen) atoms. The lowest BCUT2D eigenvalue weighted by atomic mass is 9.97. The summed E-state index contributed by atoms with van der Waals surface area (Å²) in [6.45, 7) is 5.27. The second-order valence-corrected chi connectivity index (χ2v) is 6.20. The summed E-state index contributed by atoms with van der Waals surface area (Å²) in [5.41, 5.74) is 1.30. The van der Waals surface area contributed by atoms with Crippen molar-refractivity contribution in [2.45, 2.75) is 19.4 Å². The summed E-state index contributed by atoms with van der Waals surface area (Å²) in [7, 11) is 0. The molecule has 0 aliphatic carbocycles. The Morgan fingerprint density at radius 2 is 2.11 bits per heavy atom. The maximum absolute atomic E-state index is 9.24. The van der Waals surface area contributed by atoms with Gasteiger partial charge in [-0.05, 0) is 49.5 Å². The van der Waals surface area contributed by atoms with Crippen LogP contribution in [0, 0.1) is 5.92 Å². The molecular weight excluding hydrogens is 304 g/mol. The molecule has 3 nitrogen and oxygen atoms in total. The Labute approximate surface area is 124 Å². The normalized spacial score (nSPS) is 17.0. The minimum Gasteiger partial charge on any atom is -0.395 e. The quantitative estimate of drug-likeness (QED) is 0.841. The van der Waals surface area contributed by atoms with Gasteiger partial charge in [0.1, 0.15) is 0 Å². The molecule has 0 unspecified atom stereocenters. The molecule has 0 saturated carbocycles. The Hall–Kier alpha value is -0.420. The van der Waals surface area contributed by atoms with Crippen LogP contribution in [0.2, 0.25) is 0 Å². The van der Waals surface area contributed by atoms with E-state index in [1.165, 1.54) is 18.4 Å². The van der Waals surface area contributed by atoms with Crippen LogP contribution in [0.4, 0.5) is 0 Å². The summed E-state index contributed by atoms with van der Waals surface area (Å²) in [4.78, 5) is 2.37. The van der Waals surface area contributed by atoms with E-state index in [0.29, 0.717) is 0 Å². The lowest BCUT2D eigenvalue weighted by Crippen LogP contribution is -2.37. The van der Waals surface area contributed by atoms with Crippen molar-refractivity contribution in [3.63, 3.8) is 0 Å². The number of aliphatic hydroxyl groups is 1. The largest absolute Gasteiger partial charge is 0.395 e. The van der Waals surface area contributed by atoms with Gasteiger partial charge in [-0.1, -0.05) is 28.1 Å². The fourth-order valence-electron chi connectivity index (χ4n) is 2.70. The zero-order valence-electron chi connectivity index (χ0n) is 11.3. The van der Waals surface area contributed by atoms with Crippen molar-refractivity contribution in [1.82, 2.24) is 10.2 Å². The third-order valence-corrected chi connectivity index (χ3v) is 4.18. The summed E-state index contributed by atoms with van der Waals surface area (Å²) < 4.78 is 1.12. The van der Waals surface area contributed by atoms with E-state index < -0.39 is 0 Å². The first kappa shape index (κ1) is 15.0. The fourth-order valence-corrected chi connectivity index (χ4v) is 3.15. The Morgan fingerprint density at radius 1 is 1.32 bits per heavy atom. The van der Waals surface area contributed by atoms with E-state index in [1.807, 2.05) is 6.07 Å². The van der Waals surface area contributed by atoms with Gasteiger partial charge in [0.15, 0.2) is 0 Å².